The van der Waals surface area contributed by atoms with Gasteiger partial charge in [0.15, 0.2) is 0 Å². The number of nitrogens with zero attached hydrogens (tertiary/aromatic N) is 2. The van der Waals surface area contributed by atoms with Gasteiger partial charge in [-0.25, -0.2) is 0 Å². The molecule has 0 unspecified atom stereocenters. The molecule has 132 valence electrons. The van der Waals surface area contributed by atoms with Crippen LogP contribution in [0.25, 0.3) is 21.8 Å². The van der Waals surface area contributed by atoms with E-state index >= 15 is 0 Å². The molecule has 0 radical (unpaired) electrons. The largest absolute Gasteiger partial charge is 0.256 e. The highest BCUT2D eigenvalue weighted by atomic mass is 14.7. The minimum absolute atomic E-state index is 0.540. The van der Waals surface area contributed by atoms with Gasteiger partial charge in [0, 0.05) is 23.2 Å². The number of rotatable bonds is 2. The average Bonchev–Trinajstić information content (AvgIpc) is 2.67. The Morgan fingerprint density at radius 1 is 0.615 bits per heavy atom. The summed E-state index contributed by atoms with van der Waals surface area (Å²) in [5.74, 6) is 1.10. The van der Waals surface area contributed by atoms with Crippen LogP contribution in [0.5, 0.6) is 0 Å². The van der Waals surface area contributed by atoms with Gasteiger partial charge in [-0.05, 0) is 41.2 Å². The van der Waals surface area contributed by atoms with Crippen LogP contribution in [-0.4, -0.2) is 9.97 Å². The van der Waals surface area contributed by atoms with Crippen LogP contribution in [-0.2, 0) is 0 Å². The highest BCUT2D eigenvalue weighted by molar-refractivity contribution is 5.82. The van der Waals surface area contributed by atoms with Gasteiger partial charge in [0.1, 0.15) is 0 Å². The summed E-state index contributed by atoms with van der Waals surface area (Å²) in [5, 5.41) is 2.51. The first-order valence-corrected chi connectivity index (χ1v) is 9.25. The molecule has 0 aliphatic rings. The van der Waals surface area contributed by atoms with Crippen molar-refractivity contribution in [3.63, 3.8) is 0 Å². The Morgan fingerprint density at radius 3 is 2.00 bits per heavy atom. The first-order valence-electron chi connectivity index (χ1n) is 9.25. The molecule has 0 aliphatic heterocycles. The lowest BCUT2D eigenvalue weighted by atomic mass is 9.98. The second kappa shape index (κ2) is 8.09. The molecule has 0 bridgehead atoms. The minimum atomic E-state index is 0.540. The van der Waals surface area contributed by atoms with Crippen molar-refractivity contribution in [1.82, 2.24) is 9.97 Å². The molecule has 0 saturated carbocycles. The highest BCUT2D eigenvalue weighted by Gasteiger charge is 2.04. The maximum Gasteiger partial charge on any atom is 0.0736 e. The lowest BCUT2D eigenvalue weighted by Gasteiger charge is -2.08. The third kappa shape index (κ3) is 3.91. The van der Waals surface area contributed by atoms with Crippen molar-refractivity contribution in [3.8, 4) is 0 Å². The monoisotopic (exact) mass is 342 g/mol. The Hall–Kier alpha value is -2.74. The molecule has 2 aromatic carbocycles. The second-order valence-electron chi connectivity index (χ2n) is 7.15. The standard InChI is InChI=1S/2C12H13N/c1-9(2)10-5-3-7-12-11(10)6-4-8-13-12;1-9(2)11-7-3-5-10-6-4-8-13-12(10)11/h2*3-9H,1-2H3. The Morgan fingerprint density at radius 2 is 1.23 bits per heavy atom. The summed E-state index contributed by atoms with van der Waals surface area (Å²) in [6.45, 7) is 8.82. The lowest BCUT2D eigenvalue weighted by molar-refractivity contribution is 0.873. The summed E-state index contributed by atoms with van der Waals surface area (Å²) < 4.78 is 0. The molecule has 0 amide bonds. The number of fused-ring (bicyclic) bond motifs is 2. The molecule has 0 spiro atoms. The Bertz CT molecular complexity index is 909. The van der Waals surface area contributed by atoms with E-state index in [1.807, 2.05) is 24.5 Å². The number of para-hydroxylation sites is 1. The van der Waals surface area contributed by atoms with Crippen molar-refractivity contribution in [2.24, 2.45) is 0 Å². The normalized spacial score (nSPS) is 11.0. The van der Waals surface area contributed by atoms with E-state index in [1.165, 1.54) is 21.9 Å². The van der Waals surface area contributed by atoms with Crippen molar-refractivity contribution >= 4 is 21.8 Å². The fourth-order valence-corrected chi connectivity index (χ4v) is 3.22. The van der Waals surface area contributed by atoms with Gasteiger partial charge >= 0.3 is 0 Å². The zero-order valence-electron chi connectivity index (χ0n) is 16.0. The maximum atomic E-state index is 4.40. The molecule has 2 heterocycles. The van der Waals surface area contributed by atoms with E-state index in [0.717, 1.165) is 11.0 Å². The van der Waals surface area contributed by atoms with Crippen molar-refractivity contribution in [2.45, 2.75) is 39.5 Å². The van der Waals surface area contributed by atoms with Gasteiger partial charge in [-0.1, -0.05) is 70.2 Å². The number of aromatic nitrogens is 2. The Kier molecular flexibility index (Phi) is 5.62. The summed E-state index contributed by atoms with van der Waals surface area (Å²) in [5.41, 5.74) is 4.94. The maximum absolute atomic E-state index is 4.40. The van der Waals surface area contributed by atoms with Crippen molar-refractivity contribution in [3.05, 3.63) is 84.2 Å². The summed E-state index contributed by atoms with van der Waals surface area (Å²) in [7, 11) is 0. The van der Waals surface area contributed by atoms with E-state index in [2.05, 4.69) is 86.2 Å². The van der Waals surface area contributed by atoms with E-state index in [4.69, 9.17) is 0 Å². The molecule has 4 rings (SSSR count). The minimum Gasteiger partial charge on any atom is -0.256 e. The molecule has 0 N–H and O–H groups in total. The van der Waals surface area contributed by atoms with E-state index in [-0.39, 0.29) is 0 Å². The zero-order chi connectivity index (χ0) is 18.5. The smallest absolute Gasteiger partial charge is 0.0736 e. The first kappa shape index (κ1) is 18.1. The zero-order valence-corrected chi connectivity index (χ0v) is 16.0. The van der Waals surface area contributed by atoms with Crippen LogP contribution >= 0.6 is 0 Å². The van der Waals surface area contributed by atoms with Crippen LogP contribution in [0.2, 0.25) is 0 Å². The molecule has 26 heavy (non-hydrogen) atoms. The highest BCUT2D eigenvalue weighted by Crippen LogP contribution is 2.24. The average molecular weight is 342 g/mol. The third-order valence-corrected chi connectivity index (χ3v) is 4.59. The van der Waals surface area contributed by atoms with E-state index in [0.29, 0.717) is 11.8 Å². The fourth-order valence-electron chi connectivity index (χ4n) is 3.22. The number of hydrogen-bond donors (Lipinski definition) is 0. The van der Waals surface area contributed by atoms with E-state index in [9.17, 15) is 0 Å². The molecule has 4 aromatic rings. The van der Waals surface area contributed by atoms with Gasteiger partial charge in [0.2, 0.25) is 0 Å². The van der Waals surface area contributed by atoms with E-state index < -0.39 is 0 Å². The molecule has 0 fully saturated rings. The van der Waals surface area contributed by atoms with Crippen LogP contribution in [0.15, 0.2) is 73.1 Å². The SMILES string of the molecule is CC(C)c1cccc2cccnc12.CC(C)c1cccc2ncccc12. The molecule has 2 aromatic heterocycles. The molecule has 2 heteroatoms. The van der Waals surface area contributed by atoms with Gasteiger partial charge < -0.3 is 0 Å². The van der Waals surface area contributed by atoms with Gasteiger partial charge in [-0.15, -0.1) is 0 Å². The molecule has 2 nitrogen and oxygen atoms in total. The number of benzene rings is 2. The summed E-state index contributed by atoms with van der Waals surface area (Å²) in [6, 6.07) is 20.9. The van der Waals surface area contributed by atoms with Crippen LogP contribution < -0.4 is 0 Å². The Balaban J connectivity index is 0.000000151. The van der Waals surface area contributed by atoms with Gasteiger partial charge in [-0.2, -0.15) is 0 Å². The van der Waals surface area contributed by atoms with Gasteiger partial charge in [0.25, 0.3) is 0 Å². The third-order valence-electron chi connectivity index (χ3n) is 4.59. The summed E-state index contributed by atoms with van der Waals surface area (Å²) in [4.78, 5) is 8.73. The fraction of sp³-hybridized carbons (Fsp3) is 0.250. The van der Waals surface area contributed by atoms with Gasteiger partial charge in [-0.3, -0.25) is 9.97 Å². The van der Waals surface area contributed by atoms with Crippen molar-refractivity contribution in [1.29, 1.82) is 0 Å². The van der Waals surface area contributed by atoms with Crippen LogP contribution in [0.4, 0.5) is 0 Å². The van der Waals surface area contributed by atoms with Crippen LogP contribution in [0.1, 0.15) is 50.7 Å². The number of pyridine rings is 2. The Labute approximate surface area is 155 Å². The molecule has 0 atom stereocenters. The number of hydrogen-bond acceptors (Lipinski definition) is 2. The quantitative estimate of drug-likeness (QED) is 0.404. The molecular formula is C24H26N2. The van der Waals surface area contributed by atoms with Crippen LogP contribution in [0, 0.1) is 0 Å². The molecule has 0 aliphatic carbocycles. The summed E-state index contributed by atoms with van der Waals surface area (Å²) in [6.07, 6.45) is 3.70. The first-order chi connectivity index (χ1) is 12.6. The van der Waals surface area contributed by atoms with Crippen molar-refractivity contribution in [2.75, 3.05) is 0 Å². The van der Waals surface area contributed by atoms with E-state index in [1.54, 1.807) is 0 Å². The second-order valence-corrected chi connectivity index (χ2v) is 7.15. The lowest BCUT2D eigenvalue weighted by Crippen LogP contribution is -1.90. The predicted octanol–water partition coefficient (Wildman–Crippen LogP) is 6.72. The molecule has 0 saturated heterocycles. The topological polar surface area (TPSA) is 25.8 Å². The predicted molar refractivity (Wildman–Crippen MR) is 112 cm³/mol. The molecular weight excluding hydrogens is 316 g/mol. The summed E-state index contributed by atoms with van der Waals surface area (Å²) >= 11 is 0. The van der Waals surface area contributed by atoms with Crippen LogP contribution in [0.3, 0.4) is 0 Å². The van der Waals surface area contributed by atoms with Gasteiger partial charge in [0.05, 0.1) is 11.0 Å². The van der Waals surface area contributed by atoms with Crippen molar-refractivity contribution < 1.29 is 0 Å².